The lowest BCUT2D eigenvalue weighted by atomic mass is 10.3. The third-order valence-corrected chi connectivity index (χ3v) is 3.14. The van der Waals surface area contributed by atoms with Crippen LogP contribution in [-0.2, 0) is 13.0 Å². The van der Waals surface area contributed by atoms with Gasteiger partial charge in [0, 0.05) is 24.0 Å². The summed E-state index contributed by atoms with van der Waals surface area (Å²) in [6, 6.07) is 4.16. The van der Waals surface area contributed by atoms with Crippen LogP contribution in [0.1, 0.15) is 4.88 Å². The van der Waals surface area contributed by atoms with Gasteiger partial charge < -0.3 is 5.73 Å². The van der Waals surface area contributed by atoms with Crippen molar-refractivity contribution >= 4 is 28.8 Å². The second-order valence-corrected chi connectivity index (χ2v) is 4.39. The molecule has 2 aromatic heterocycles. The molecular formula is C9H10ClN3S. The lowest BCUT2D eigenvalue weighted by Gasteiger charge is -1.97. The van der Waals surface area contributed by atoms with Gasteiger partial charge in [-0.1, -0.05) is 17.7 Å². The van der Waals surface area contributed by atoms with Crippen LogP contribution < -0.4 is 5.73 Å². The predicted molar refractivity (Wildman–Crippen MR) is 59.7 cm³/mol. The normalized spacial score (nSPS) is 10.6. The molecule has 3 nitrogen and oxygen atoms in total. The van der Waals surface area contributed by atoms with Gasteiger partial charge >= 0.3 is 0 Å². The molecule has 0 spiro atoms. The zero-order chi connectivity index (χ0) is 9.97. The van der Waals surface area contributed by atoms with Crippen LogP contribution in [0.2, 0.25) is 5.02 Å². The molecule has 0 atom stereocenters. The standard InChI is InChI=1S/C9H10ClN3S/c10-8-6-13(12-9(8)11)4-3-7-2-1-5-14-7/h1-2,5-6H,3-4H2,(H2,11,12). The van der Waals surface area contributed by atoms with E-state index in [1.54, 1.807) is 22.2 Å². The molecule has 2 aromatic rings. The van der Waals surface area contributed by atoms with Crippen molar-refractivity contribution in [1.29, 1.82) is 0 Å². The van der Waals surface area contributed by atoms with E-state index in [0.717, 1.165) is 13.0 Å². The van der Waals surface area contributed by atoms with Gasteiger partial charge in [0.25, 0.3) is 0 Å². The summed E-state index contributed by atoms with van der Waals surface area (Å²) >= 11 is 7.53. The predicted octanol–water partition coefficient (Wildman–Crippen LogP) is 2.42. The highest BCUT2D eigenvalue weighted by Crippen LogP contribution is 2.16. The number of anilines is 1. The Balaban J connectivity index is 1.98. The van der Waals surface area contributed by atoms with Gasteiger partial charge in [-0.3, -0.25) is 4.68 Å². The number of hydrogen-bond acceptors (Lipinski definition) is 3. The van der Waals surface area contributed by atoms with Crippen LogP contribution in [0.25, 0.3) is 0 Å². The molecule has 0 aliphatic heterocycles. The fraction of sp³-hybridized carbons (Fsp3) is 0.222. The minimum Gasteiger partial charge on any atom is -0.381 e. The molecule has 2 heterocycles. The van der Waals surface area contributed by atoms with Crippen LogP contribution >= 0.6 is 22.9 Å². The first-order chi connectivity index (χ1) is 6.75. The maximum absolute atomic E-state index is 5.78. The minimum atomic E-state index is 0.401. The average molecular weight is 228 g/mol. The monoisotopic (exact) mass is 227 g/mol. The van der Waals surface area contributed by atoms with E-state index < -0.39 is 0 Å². The van der Waals surface area contributed by atoms with Gasteiger partial charge in [-0.2, -0.15) is 5.10 Å². The van der Waals surface area contributed by atoms with E-state index in [-0.39, 0.29) is 0 Å². The minimum absolute atomic E-state index is 0.401. The number of thiophene rings is 1. The second kappa shape index (κ2) is 4.02. The van der Waals surface area contributed by atoms with Gasteiger partial charge in [0.2, 0.25) is 0 Å². The molecule has 5 heteroatoms. The molecule has 0 bridgehead atoms. The smallest absolute Gasteiger partial charge is 0.164 e. The zero-order valence-electron chi connectivity index (χ0n) is 7.48. The average Bonchev–Trinajstić information content (AvgIpc) is 2.74. The van der Waals surface area contributed by atoms with Crippen molar-refractivity contribution < 1.29 is 0 Å². The van der Waals surface area contributed by atoms with E-state index in [2.05, 4.69) is 16.5 Å². The number of nitrogen functional groups attached to an aromatic ring is 1. The summed E-state index contributed by atoms with van der Waals surface area (Å²) in [4.78, 5) is 1.34. The molecule has 0 amide bonds. The summed E-state index contributed by atoms with van der Waals surface area (Å²) in [7, 11) is 0. The highest BCUT2D eigenvalue weighted by atomic mass is 35.5. The fourth-order valence-corrected chi connectivity index (χ4v) is 2.05. The van der Waals surface area contributed by atoms with Gasteiger partial charge in [0.1, 0.15) is 5.02 Å². The Kier molecular flexibility index (Phi) is 2.74. The van der Waals surface area contributed by atoms with E-state index in [1.807, 2.05) is 6.07 Å². The van der Waals surface area contributed by atoms with Crippen LogP contribution in [0.15, 0.2) is 23.7 Å². The molecule has 14 heavy (non-hydrogen) atoms. The summed E-state index contributed by atoms with van der Waals surface area (Å²) in [5.41, 5.74) is 5.53. The Hall–Kier alpha value is -1.00. The summed E-state index contributed by atoms with van der Waals surface area (Å²) in [5.74, 6) is 0.401. The molecule has 0 saturated heterocycles. The second-order valence-electron chi connectivity index (χ2n) is 2.95. The van der Waals surface area contributed by atoms with E-state index in [0.29, 0.717) is 10.8 Å². The lowest BCUT2D eigenvalue weighted by molar-refractivity contribution is 0.621. The molecule has 0 fully saturated rings. The molecule has 0 radical (unpaired) electrons. The Morgan fingerprint density at radius 3 is 3.00 bits per heavy atom. The maximum atomic E-state index is 5.78. The van der Waals surface area contributed by atoms with E-state index in [9.17, 15) is 0 Å². The Morgan fingerprint density at radius 2 is 2.43 bits per heavy atom. The molecule has 74 valence electrons. The number of nitrogens with two attached hydrogens (primary N) is 1. The van der Waals surface area contributed by atoms with Crippen molar-refractivity contribution in [2.24, 2.45) is 0 Å². The number of rotatable bonds is 3. The molecule has 0 aliphatic carbocycles. The largest absolute Gasteiger partial charge is 0.381 e. The maximum Gasteiger partial charge on any atom is 0.164 e. The van der Waals surface area contributed by atoms with Crippen molar-refractivity contribution in [3.8, 4) is 0 Å². The highest BCUT2D eigenvalue weighted by molar-refractivity contribution is 7.09. The molecule has 0 aliphatic rings. The van der Waals surface area contributed by atoms with Gasteiger partial charge in [0.05, 0.1) is 0 Å². The number of aromatic nitrogens is 2. The van der Waals surface area contributed by atoms with Crippen molar-refractivity contribution in [2.45, 2.75) is 13.0 Å². The quantitative estimate of drug-likeness (QED) is 0.875. The molecule has 0 saturated carbocycles. The Labute approximate surface area is 91.1 Å². The molecule has 2 rings (SSSR count). The summed E-state index contributed by atoms with van der Waals surface area (Å²) < 4.78 is 1.78. The van der Waals surface area contributed by atoms with E-state index >= 15 is 0 Å². The first-order valence-electron chi connectivity index (χ1n) is 4.26. The summed E-state index contributed by atoms with van der Waals surface area (Å²) in [6.07, 6.45) is 2.72. The van der Waals surface area contributed by atoms with Gasteiger partial charge in [-0.15, -0.1) is 11.3 Å². The van der Waals surface area contributed by atoms with Crippen LogP contribution in [0.4, 0.5) is 5.82 Å². The molecule has 0 unspecified atom stereocenters. The van der Waals surface area contributed by atoms with Crippen LogP contribution in [0.3, 0.4) is 0 Å². The first kappa shape index (κ1) is 9.55. The van der Waals surface area contributed by atoms with Gasteiger partial charge in [-0.25, -0.2) is 0 Å². The third kappa shape index (κ3) is 2.08. The SMILES string of the molecule is Nc1nn(CCc2cccs2)cc1Cl. The van der Waals surface area contributed by atoms with Crippen molar-refractivity contribution in [3.05, 3.63) is 33.6 Å². The van der Waals surface area contributed by atoms with Crippen molar-refractivity contribution in [3.63, 3.8) is 0 Å². The summed E-state index contributed by atoms with van der Waals surface area (Å²) in [6.45, 7) is 0.817. The van der Waals surface area contributed by atoms with E-state index in [1.165, 1.54) is 4.88 Å². The topological polar surface area (TPSA) is 43.8 Å². The molecular weight excluding hydrogens is 218 g/mol. The van der Waals surface area contributed by atoms with Crippen molar-refractivity contribution in [1.82, 2.24) is 9.78 Å². The van der Waals surface area contributed by atoms with Crippen molar-refractivity contribution in [2.75, 3.05) is 5.73 Å². The van der Waals surface area contributed by atoms with Crippen LogP contribution in [0, 0.1) is 0 Å². The fourth-order valence-electron chi connectivity index (χ4n) is 1.21. The zero-order valence-corrected chi connectivity index (χ0v) is 9.05. The Morgan fingerprint density at radius 1 is 1.57 bits per heavy atom. The molecule has 2 N–H and O–H groups in total. The highest BCUT2D eigenvalue weighted by Gasteiger charge is 2.02. The first-order valence-corrected chi connectivity index (χ1v) is 5.52. The number of hydrogen-bond donors (Lipinski definition) is 1. The summed E-state index contributed by atoms with van der Waals surface area (Å²) in [5, 5.41) is 6.67. The lowest BCUT2D eigenvalue weighted by Crippen LogP contribution is -2.01. The van der Waals surface area contributed by atoms with E-state index in [4.69, 9.17) is 17.3 Å². The third-order valence-electron chi connectivity index (χ3n) is 1.91. The number of halogens is 1. The molecule has 0 aromatic carbocycles. The van der Waals surface area contributed by atoms with Crippen LogP contribution in [0.5, 0.6) is 0 Å². The van der Waals surface area contributed by atoms with Gasteiger partial charge in [-0.05, 0) is 11.4 Å². The number of nitrogens with zero attached hydrogens (tertiary/aromatic N) is 2. The Bertz CT molecular complexity index is 388. The van der Waals surface area contributed by atoms with Gasteiger partial charge in [0.15, 0.2) is 5.82 Å². The number of aryl methyl sites for hydroxylation is 2. The van der Waals surface area contributed by atoms with Crippen LogP contribution in [-0.4, -0.2) is 9.78 Å².